The first-order valence-corrected chi connectivity index (χ1v) is 11.6. The van der Waals surface area contributed by atoms with E-state index in [-0.39, 0.29) is 21.7 Å². The second-order valence-electron chi connectivity index (χ2n) is 6.11. The lowest BCUT2D eigenvalue weighted by atomic mass is 10.2. The largest absolute Gasteiger partial charge is 0.419 e. The molecule has 8 heteroatoms. The summed E-state index contributed by atoms with van der Waals surface area (Å²) >= 11 is 6.71. The van der Waals surface area contributed by atoms with Crippen LogP contribution >= 0.6 is 31.9 Å². The van der Waals surface area contributed by atoms with Crippen LogP contribution in [0.25, 0.3) is 11.5 Å². The number of sulfone groups is 1. The highest BCUT2D eigenvalue weighted by Gasteiger charge is 2.28. The molecule has 0 atom stereocenters. The lowest BCUT2D eigenvalue weighted by molar-refractivity contribution is 0.582. The molecule has 0 radical (unpaired) electrons. The van der Waals surface area contributed by atoms with Crippen molar-refractivity contribution in [2.45, 2.75) is 9.92 Å². The zero-order chi connectivity index (χ0) is 20.4. The van der Waals surface area contributed by atoms with Gasteiger partial charge in [0.15, 0.2) is 0 Å². The van der Waals surface area contributed by atoms with Crippen molar-refractivity contribution in [3.63, 3.8) is 0 Å². The Bertz CT molecular complexity index is 1240. The molecule has 5 nitrogen and oxygen atoms in total. The molecule has 0 amide bonds. The van der Waals surface area contributed by atoms with Crippen molar-refractivity contribution < 1.29 is 12.8 Å². The summed E-state index contributed by atoms with van der Waals surface area (Å²) in [4.78, 5) is 4.46. The van der Waals surface area contributed by atoms with Gasteiger partial charge in [-0.05, 0) is 60.7 Å². The minimum absolute atomic E-state index is 0.0667. The van der Waals surface area contributed by atoms with Crippen LogP contribution in [-0.2, 0) is 9.84 Å². The van der Waals surface area contributed by atoms with Crippen LogP contribution < -0.4 is 5.32 Å². The van der Waals surface area contributed by atoms with Gasteiger partial charge in [-0.1, -0.05) is 50.1 Å². The molecule has 0 aliphatic carbocycles. The van der Waals surface area contributed by atoms with Gasteiger partial charge in [0.25, 0.3) is 0 Å². The normalized spacial score (nSPS) is 11.4. The van der Waals surface area contributed by atoms with Crippen molar-refractivity contribution in [3.05, 3.63) is 87.8 Å². The van der Waals surface area contributed by atoms with E-state index in [9.17, 15) is 8.42 Å². The van der Waals surface area contributed by atoms with Crippen LogP contribution in [0.5, 0.6) is 0 Å². The molecule has 4 rings (SSSR count). The number of aromatic nitrogens is 1. The predicted octanol–water partition coefficient (Wildman–Crippen LogP) is 6.44. The van der Waals surface area contributed by atoms with Gasteiger partial charge in [0.05, 0.1) is 4.90 Å². The van der Waals surface area contributed by atoms with Crippen LogP contribution in [0.2, 0.25) is 0 Å². The van der Waals surface area contributed by atoms with Crippen molar-refractivity contribution in [3.8, 4) is 11.5 Å². The number of para-hydroxylation sites is 1. The molecule has 0 spiro atoms. The fourth-order valence-electron chi connectivity index (χ4n) is 2.66. The van der Waals surface area contributed by atoms with E-state index in [4.69, 9.17) is 4.42 Å². The zero-order valence-electron chi connectivity index (χ0n) is 14.8. The average Bonchev–Trinajstić information content (AvgIpc) is 3.14. The van der Waals surface area contributed by atoms with Crippen molar-refractivity contribution in [2.24, 2.45) is 0 Å². The molecule has 29 heavy (non-hydrogen) atoms. The van der Waals surface area contributed by atoms with Crippen molar-refractivity contribution >= 4 is 53.3 Å². The monoisotopic (exact) mass is 532 g/mol. The zero-order valence-corrected chi connectivity index (χ0v) is 18.8. The first kappa shape index (κ1) is 19.9. The van der Waals surface area contributed by atoms with E-state index < -0.39 is 9.84 Å². The number of hydrogen-bond donors (Lipinski definition) is 1. The standard InChI is InChI=1S/C21H14Br2N2O3S/c22-15-8-6-14(7-9-15)19-25-21(20(28-19)24-17-4-2-1-3-5-17)29(26,27)18-12-10-16(23)11-13-18/h1-13,24H. The van der Waals surface area contributed by atoms with Gasteiger partial charge in [-0.2, -0.15) is 4.98 Å². The van der Waals surface area contributed by atoms with Gasteiger partial charge in [-0.25, -0.2) is 8.42 Å². The summed E-state index contributed by atoms with van der Waals surface area (Å²) < 4.78 is 34.1. The maximum atomic E-state index is 13.3. The quantitative estimate of drug-likeness (QED) is 0.319. The summed E-state index contributed by atoms with van der Waals surface area (Å²) in [5.41, 5.74) is 1.36. The van der Waals surface area contributed by atoms with Gasteiger partial charge in [-0.15, -0.1) is 0 Å². The van der Waals surface area contributed by atoms with Crippen LogP contribution in [0, 0.1) is 0 Å². The fourth-order valence-corrected chi connectivity index (χ4v) is 4.45. The number of oxazole rings is 1. The number of halogens is 2. The van der Waals surface area contributed by atoms with Gasteiger partial charge in [0.1, 0.15) is 0 Å². The summed E-state index contributed by atoms with van der Waals surface area (Å²) in [5, 5.41) is 2.87. The van der Waals surface area contributed by atoms with E-state index in [1.807, 2.05) is 42.5 Å². The van der Waals surface area contributed by atoms with Crippen LogP contribution in [0.15, 0.2) is 102 Å². The number of hydrogen-bond acceptors (Lipinski definition) is 5. The smallest absolute Gasteiger partial charge is 0.238 e. The second-order valence-corrected chi connectivity index (χ2v) is 9.80. The Morgan fingerprint density at radius 1 is 0.793 bits per heavy atom. The Morgan fingerprint density at radius 3 is 2.00 bits per heavy atom. The van der Waals surface area contributed by atoms with E-state index >= 15 is 0 Å². The third-order valence-corrected chi connectivity index (χ3v) is 6.83. The van der Waals surface area contributed by atoms with Gasteiger partial charge < -0.3 is 9.73 Å². The molecule has 0 aliphatic rings. The number of nitrogens with zero attached hydrogens (tertiary/aromatic N) is 1. The molecule has 0 saturated heterocycles. The molecule has 4 aromatic rings. The summed E-state index contributed by atoms with van der Waals surface area (Å²) in [6.07, 6.45) is 0. The second kappa shape index (κ2) is 8.14. The van der Waals surface area contributed by atoms with E-state index in [0.29, 0.717) is 11.3 Å². The topological polar surface area (TPSA) is 72.2 Å². The maximum Gasteiger partial charge on any atom is 0.238 e. The van der Waals surface area contributed by atoms with Gasteiger partial charge in [0, 0.05) is 20.2 Å². The van der Waals surface area contributed by atoms with Gasteiger partial charge in [0.2, 0.25) is 26.6 Å². The van der Waals surface area contributed by atoms with E-state index in [2.05, 4.69) is 42.2 Å². The minimum atomic E-state index is -3.90. The van der Waals surface area contributed by atoms with Gasteiger partial charge >= 0.3 is 0 Å². The molecule has 0 aliphatic heterocycles. The van der Waals surface area contributed by atoms with Crippen LogP contribution in [0.1, 0.15) is 0 Å². The summed E-state index contributed by atoms with van der Waals surface area (Å²) in [5.74, 6) is 0.281. The molecule has 3 aromatic carbocycles. The average molecular weight is 534 g/mol. The lowest BCUT2D eigenvalue weighted by Gasteiger charge is -2.06. The number of rotatable bonds is 5. The molecule has 0 saturated carbocycles. The van der Waals surface area contributed by atoms with Crippen molar-refractivity contribution in [1.29, 1.82) is 0 Å². The number of benzene rings is 3. The highest BCUT2D eigenvalue weighted by atomic mass is 79.9. The molecule has 0 bridgehead atoms. The van der Waals surface area contributed by atoms with Crippen LogP contribution in [-0.4, -0.2) is 13.4 Å². The van der Waals surface area contributed by atoms with E-state index in [1.165, 1.54) is 12.1 Å². The third kappa shape index (κ3) is 4.29. The molecule has 0 fully saturated rings. The molecule has 1 N–H and O–H groups in total. The summed E-state index contributed by atoms with van der Waals surface area (Å²) in [6.45, 7) is 0. The molecule has 0 unspecified atom stereocenters. The maximum absolute atomic E-state index is 13.3. The SMILES string of the molecule is O=S(=O)(c1ccc(Br)cc1)c1nc(-c2ccc(Br)cc2)oc1Nc1ccccc1. The fraction of sp³-hybridized carbons (Fsp3) is 0. The van der Waals surface area contributed by atoms with Crippen molar-refractivity contribution in [1.82, 2.24) is 4.98 Å². The molecular weight excluding hydrogens is 520 g/mol. The summed E-state index contributed by atoms with van der Waals surface area (Å²) in [7, 11) is -3.90. The molecule has 1 aromatic heterocycles. The van der Waals surface area contributed by atoms with Crippen LogP contribution in [0.3, 0.4) is 0 Å². The molecule has 146 valence electrons. The Labute approximate surface area is 185 Å². The highest BCUT2D eigenvalue weighted by molar-refractivity contribution is 9.10. The highest BCUT2D eigenvalue weighted by Crippen LogP contribution is 2.34. The predicted molar refractivity (Wildman–Crippen MR) is 119 cm³/mol. The van der Waals surface area contributed by atoms with E-state index in [1.54, 1.807) is 24.3 Å². The molecular formula is C21H14Br2N2O3S. The Morgan fingerprint density at radius 2 is 1.38 bits per heavy atom. The van der Waals surface area contributed by atoms with Gasteiger partial charge in [-0.3, -0.25) is 0 Å². The number of nitrogens with one attached hydrogen (secondary N) is 1. The Kier molecular flexibility index (Phi) is 5.58. The first-order valence-electron chi connectivity index (χ1n) is 8.53. The lowest BCUT2D eigenvalue weighted by Crippen LogP contribution is -2.05. The Hall–Kier alpha value is -2.42. The van der Waals surface area contributed by atoms with E-state index in [0.717, 1.165) is 8.95 Å². The third-order valence-electron chi connectivity index (χ3n) is 4.10. The molecule has 1 heterocycles. The van der Waals surface area contributed by atoms with Crippen molar-refractivity contribution in [2.75, 3.05) is 5.32 Å². The number of anilines is 2. The Balaban J connectivity index is 1.84. The summed E-state index contributed by atoms with van der Waals surface area (Å²) in [6, 6.07) is 22.9. The minimum Gasteiger partial charge on any atom is -0.419 e. The first-order chi connectivity index (χ1) is 13.9. The van der Waals surface area contributed by atoms with Crippen LogP contribution in [0.4, 0.5) is 11.6 Å².